The molecule has 0 heterocycles. The zero-order valence-corrected chi connectivity index (χ0v) is 36.7. The minimum atomic E-state index is -0.778. The Balaban J connectivity index is 0. The SMILES string of the molecule is CC1CCCCC1.CCNC(=O)CCC(=O)[C@H](CCCCN(CC)CC)NC(=O)CCC(=O)[C@H](C)NC(=O)CCC(=O)CC(C)C.CCO.Cc1ccccc1. The highest BCUT2D eigenvalue weighted by Crippen LogP contribution is 2.22. The van der Waals surface area contributed by atoms with E-state index in [1.54, 1.807) is 20.8 Å². The number of benzene rings is 1. The Morgan fingerprint density at radius 2 is 1.27 bits per heavy atom. The van der Waals surface area contributed by atoms with Crippen molar-refractivity contribution in [1.29, 1.82) is 0 Å². The molecule has 1 fully saturated rings. The van der Waals surface area contributed by atoms with Crippen LogP contribution in [0.5, 0.6) is 0 Å². The normalized spacial score (nSPS) is 13.4. The van der Waals surface area contributed by atoms with Gasteiger partial charge in [0, 0.05) is 58.1 Å². The van der Waals surface area contributed by atoms with Gasteiger partial charge in [-0.2, -0.15) is 0 Å². The Bertz CT molecular complexity index is 1200. The van der Waals surface area contributed by atoms with E-state index in [0.717, 1.165) is 38.4 Å². The van der Waals surface area contributed by atoms with E-state index in [2.05, 4.69) is 60.7 Å². The lowest BCUT2D eigenvalue weighted by atomic mass is 9.91. The van der Waals surface area contributed by atoms with Crippen molar-refractivity contribution in [2.45, 2.75) is 171 Å². The molecule has 0 saturated heterocycles. The van der Waals surface area contributed by atoms with E-state index >= 15 is 0 Å². The fourth-order valence-corrected chi connectivity index (χ4v) is 6.00. The van der Waals surface area contributed by atoms with Crippen molar-refractivity contribution in [2.24, 2.45) is 11.8 Å². The minimum absolute atomic E-state index is 0.0129. The van der Waals surface area contributed by atoms with E-state index in [0.29, 0.717) is 19.4 Å². The highest BCUT2D eigenvalue weighted by atomic mass is 16.2. The lowest BCUT2D eigenvalue weighted by Gasteiger charge is -2.20. The van der Waals surface area contributed by atoms with E-state index in [9.17, 15) is 28.8 Å². The third kappa shape index (κ3) is 32.8. The lowest BCUT2D eigenvalue weighted by Crippen LogP contribution is -2.42. The summed E-state index contributed by atoms with van der Waals surface area (Å²) < 4.78 is 0. The van der Waals surface area contributed by atoms with Crippen LogP contribution in [-0.2, 0) is 28.8 Å². The van der Waals surface area contributed by atoms with Crippen LogP contribution >= 0.6 is 0 Å². The van der Waals surface area contributed by atoms with Crippen molar-refractivity contribution < 1.29 is 33.9 Å². The second-order valence-electron chi connectivity index (χ2n) is 15.2. The molecule has 1 saturated carbocycles. The number of hydrogen-bond acceptors (Lipinski definition) is 8. The van der Waals surface area contributed by atoms with Gasteiger partial charge in [-0.15, -0.1) is 0 Å². The third-order valence-electron chi connectivity index (χ3n) is 9.37. The van der Waals surface area contributed by atoms with Gasteiger partial charge in [-0.1, -0.05) is 103 Å². The molecule has 1 aromatic carbocycles. The highest BCUT2D eigenvalue weighted by Gasteiger charge is 2.23. The quantitative estimate of drug-likeness (QED) is 0.0841. The summed E-state index contributed by atoms with van der Waals surface area (Å²) in [5, 5.41) is 15.6. The monoisotopic (exact) mass is 789 g/mol. The molecule has 0 radical (unpaired) electrons. The molecule has 2 rings (SSSR count). The molecule has 1 aromatic rings. The number of carbonyl (C=O) groups excluding carboxylic acids is 6. The molecule has 0 aliphatic heterocycles. The molecule has 0 aromatic heterocycles. The van der Waals surface area contributed by atoms with E-state index in [1.165, 1.54) is 37.7 Å². The van der Waals surface area contributed by atoms with Crippen LogP contribution in [-0.4, -0.2) is 89.9 Å². The van der Waals surface area contributed by atoms with Gasteiger partial charge in [0.15, 0.2) is 11.6 Å². The largest absolute Gasteiger partial charge is 0.397 e. The molecule has 1 aliphatic carbocycles. The van der Waals surface area contributed by atoms with Crippen LogP contribution in [0.3, 0.4) is 0 Å². The maximum absolute atomic E-state index is 12.8. The number of aliphatic hydroxyl groups excluding tert-OH is 1. The summed E-state index contributed by atoms with van der Waals surface area (Å²) in [4.78, 5) is 75.9. The minimum Gasteiger partial charge on any atom is -0.397 e. The maximum atomic E-state index is 12.8. The number of carbonyl (C=O) groups is 6. The first kappa shape index (κ1) is 54.7. The molecule has 0 spiro atoms. The van der Waals surface area contributed by atoms with Crippen molar-refractivity contribution in [3.8, 4) is 0 Å². The first-order chi connectivity index (χ1) is 26.6. The number of rotatable bonds is 23. The van der Waals surface area contributed by atoms with Crippen molar-refractivity contribution >= 4 is 35.1 Å². The van der Waals surface area contributed by atoms with E-state index < -0.39 is 18.0 Å². The van der Waals surface area contributed by atoms with Crippen molar-refractivity contribution in [1.82, 2.24) is 20.9 Å². The summed E-state index contributed by atoms with van der Waals surface area (Å²) in [6.45, 7) is 21.1. The number of ketones is 3. The first-order valence-corrected chi connectivity index (χ1v) is 21.4. The Morgan fingerprint density at radius 3 is 1.75 bits per heavy atom. The summed E-state index contributed by atoms with van der Waals surface area (Å²) >= 11 is 0. The molecule has 0 unspecified atom stereocenters. The molecule has 0 bridgehead atoms. The second kappa shape index (κ2) is 35.9. The molecule has 11 heteroatoms. The number of nitrogens with one attached hydrogen (secondary N) is 3. The summed E-state index contributed by atoms with van der Waals surface area (Å²) in [6, 6.07) is 8.77. The number of unbranched alkanes of at least 4 members (excludes halogenated alkanes) is 1. The third-order valence-corrected chi connectivity index (χ3v) is 9.37. The Hall–Kier alpha value is -3.44. The number of aryl methyl sites for hydroxylation is 1. The summed E-state index contributed by atoms with van der Waals surface area (Å²) in [5.41, 5.74) is 1.32. The van der Waals surface area contributed by atoms with Crippen LogP contribution in [0.25, 0.3) is 0 Å². The van der Waals surface area contributed by atoms with Gasteiger partial charge in [0.25, 0.3) is 0 Å². The predicted molar refractivity (Wildman–Crippen MR) is 228 cm³/mol. The van der Waals surface area contributed by atoms with E-state index in [-0.39, 0.29) is 80.2 Å². The fraction of sp³-hybridized carbons (Fsp3) is 0.733. The number of nitrogens with zero attached hydrogens (tertiary/aromatic N) is 1. The van der Waals surface area contributed by atoms with Crippen LogP contribution in [0.2, 0.25) is 0 Å². The van der Waals surface area contributed by atoms with Crippen LogP contribution < -0.4 is 16.0 Å². The van der Waals surface area contributed by atoms with Gasteiger partial charge in [-0.25, -0.2) is 0 Å². The van der Waals surface area contributed by atoms with Gasteiger partial charge >= 0.3 is 0 Å². The summed E-state index contributed by atoms with van der Waals surface area (Å²) in [6.07, 6.45) is 10.0. The summed E-state index contributed by atoms with van der Waals surface area (Å²) in [5.74, 6) is -0.214. The number of Topliss-reactive ketones (excluding diaryl/α,β-unsaturated/α-hetero) is 3. The Labute approximate surface area is 340 Å². The van der Waals surface area contributed by atoms with Gasteiger partial charge in [-0.05, 0) is 78.4 Å². The van der Waals surface area contributed by atoms with Crippen LogP contribution in [0.4, 0.5) is 0 Å². The van der Waals surface area contributed by atoms with Gasteiger partial charge in [0.2, 0.25) is 17.7 Å². The number of aliphatic hydroxyl groups is 1. The molecule has 322 valence electrons. The van der Waals surface area contributed by atoms with Crippen molar-refractivity contribution in [3.63, 3.8) is 0 Å². The molecule has 11 nitrogen and oxygen atoms in total. The molecule has 56 heavy (non-hydrogen) atoms. The van der Waals surface area contributed by atoms with Crippen molar-refractivity contribution in [3.05, 3.63) is 35.9 Å². The zero-order valence-electron chi connectivity index (χ0n) is 36.7. The Morgan fingerprint density at radius 1 is 0.732 bits per heavy atom. The molecule has 1 aliphatic rings. The molecular weight excluding hydrogens is 709 g/mol. The lowest BCUT2D eigenvalue weighted by molar-refractivity contribution is -0.131. The van der Waals surface area contributed by atoms with Crippen LogP contribution in [0, 0.1) is 18.8 Å². The van der Waals surface area contributed by atoms with Gasteiger partial charge < -0.3 is 26.0 Å². The number of hydrogen-bond donors (Lipinski definition) is 4. The standard InChI is InChI=1S/C29H52N4O6.C7H14.C7H8.C2H6O/c1-7-30-27(37)17-15-26(36)24(12-10-11-19-33(8-2)9-3)32-29(39)18-14-25(35)22(6)31-28(38)16-13-23(34)20-21(4)5;2*1-7-5-3-2-4-6-7;1-2-3/h21-22,24H,7-20H2,1-6H3,(H,30,37)(H,31,38)(H,32,39);7H,2-6H2,1H3;2-6H,1H3;3H,2H2,1H3/t22-,24-;;;/m0.../s1. The van der Waals surface area contributed by atoms with Crippen LogP contribution in [0.1, 0.15) is 157 Å². The van der Waals surface area contributed by atoms with E-state index in [1.807, 2.05) is 32.0 Å². The molecule has 3 amide bonds. The van der Waals surface area contributed by atoms with Gasteiger partial charge in [-0.3, -0.25) is 28.8 Å². The van der Waals surface area contributed by atoms with Crippen LogP contribution in [0.15, 0.2) is 30.3 Å². The Kier molecular flexibility index (Phi) is 35.1. The van der Waals surface area contributed by atoms with E-state index in [4.69, 9.17) is 5.11 Å². The topological polar surface area (TPSA) is 162 Å². The highest BCUT2D eigenvalue weighted by molar-refractivity contribution is 5.94. The molecule has 4 N–H and O–H groups in total. The molecule has 2 atom stereocenters. The zero-order chi connectivity index (χ0) is 42.7. The second-order valence-corrected chi connectivity index (χ2v) is 15.2. The smallest absolute Gasteiger partial charge is 0.221 e. The maximum Gasteiger partial charge on any atom is 0.221 e. The number of amides is 3. The average molecular weight is 789 g/mol. The van der Waals surface area contributed by atoms with Gasteiger partial charge in [0.05, 0.1) is 12.1 Å². The average Bonchev–Trinajstić information content (AvgIpc) is 3.16. The predicted octanol–water partition coefficient (Wildman–Crippen LogP) is 7.30. The molecular formula is C45H80N4O7. The fourth-order valence-electron chi connectivity index (χ4n) is 6.00. The first-order valence-electron chi connectivity index (χ1n) is 21.4. The summed E-state index contributed by atoms with van der Waals surface area (Å²) in [7, 11) is 0. The van der Waals surface area contributed by atoms with Crippen molar-refractivity contribution in [2.75, 3.05) is 32.8 Å². The van der Waals surface area contributed by atoms with Gasteiger partial charge in [0.1, 0.15) is 5.78 Å².